The maximum Gasteiger partial charge on any atom is 0.220 e. The van der Waals surface area contributed by atoms with Crippen molar-refractivity contribution in [2.75, 3.05) is 26.1 Å². The van der Waals surface area contributed by atoms with Crippen LogP contribution in [0.15, 0.2) is 41.4 Å². The van der Waals surface area contributed by atoms with Gasteiger partial charge in [-0.1, -0.05) is 12.1 Å². The van der Waals surface area contributed by atoms with Gasteiger partial charge in [0.25, 0.3) is 0 Å². The van der Waals surface area contributed by atoms with Crippen LogP contribution < -0.4 is 16.0 Å². The van der Waals surface area contributed by atoms with Crippen LogP contribution in [0.2, 0.25) is 0 Å². The lowest BCUT2D eigenvalue weighted by Crippen LogP contribution is -2.34. The van der Waals surface area contributed by atoms with Gasteiger partial charge in [-0.2, -0.15) is 0 Å². The Balaban J connectivity index is 1.77. The van der Waals surface area contributed by atoms with Gasteiger partial charge in [0.15, 0.2) is 5.84 Å². The van der Waals surface area contributed by atoms with Gasteiger partial charge in [-0.05, 0) is 30.7 Å². The van der Waals surface area contributed by atoms with E-state index >= 15 is 0 Å². The van der Waals surface area contributed by atoms with E-state index in [9.17, 15) is 9.50 Å². The van der Waals surface area contributed by atoms with Crippen molar-refractivity contribution in [2.45, 2.75) is 25.5 Å². The molecule has 0 bridgehead atoms. The second-order valence-electron chi connectivity index (χ2n) is 7.73. The number of aliphatic imine (C=N–C) groups is 1. The molecule has 0 aliphatic carbocycles. The van der Waals surface area contributed by atoms with Gasteiger partial charge in [0.05, 0.1) is 42.4 Å². The monoisotopic (exact) mass is 468 g/mol. The molecule has 0 saturated heterocycles. The third-order valence-electron chi connectivity index (χ3n) is 5.33. The largest absolute Gasteiger partial charge is 0.481 e. The van der Waals surface area contributed by atoms with E-state index in [-0.39, 0.29) is 12.6 Å². The molecule has 0 saturated carbocycles. The third kappa shape index (κ3) is 4.96. The van der Waals surface area contributed by atoms with Crippen LogP contribution in [0, 0.1) is 12.7 Å². The van der Waals surface area contributed by atoms with Gasteiger partial charge in [0.2, 0.25) is 11.8 Å². The molecule has 10 nitrogen and oxygen atoms in total. The topological polar surface area (TPSA) is 148 Å². The highest BCUT2D eigenvalue weighted by molar-refractivity contribution is 6.01. The van der Waals surface area contributed by atoms with E-state index in [1.807, 2.05) is 0 Å². The normalized spacial score (nSPS) is 15.9. The molecule has 0 amide bonds. The molecule has 0 spiro atoms. The summed E-state index contributed by atoms with van der Waals surface area (Å²) in [6, 6.07) is 9.22. The Hall–Kier alpha value is -3.67. The number of halogens is 1. The summed E-state index contributed by atoms with van der Waals surface area (Å²) in [4.78, 5) is 23.2. The molecule has 0 radical (unpaired) electrons. The van der Waals surface area contributed by atoms with Crippen molar-refractivity contribution in [3.63, 3.8) is 0 Å². The minimum atomic E-state index is -1.06. The number of pyridine rings is 1. The Labute approximate surface area is 195 Å². The van der Waals surface area contributed by atoms with Crippen LogP contribution in [-0.2, 0) is 11.3 Å². The number of nitrogens with zero attached hydrogens (tertiary/aromatic N) is 4. The summed E-state index contributed by atoms with van der Waals surface area (Å²) in [5.41, 5.74) is 12.3. The van der Waals surface area contributed by atoms with Crippen LogP contribution in [0.4, 0.5) is 10.3 Å². The van der Waals surface area contributed by atoms with Crippen LogP contribution in [-0.4, -0.2) is 57.4 Å². The minimum Gasteiger partial charge on any atom is -0.481 e. The number of nitrogens with one attached hydrogen (secondary N) is 1. The predicted octanol–water partition coefficient (Wildman–Crippen LogP) is 1.50. The first-order valence-corrected chi connectivity index (χ1v) is 10.6. The molecule has 11 heteroatoms. The number of anilines is 1. The number of methoxy groups -OCH3 is 1. The Bertz CT molecular complexity index is 1220. The zero-order valence-corrected chi connectivity index (χ0v) is 18.7. The van der Waals surface area contributed by atoms with E-state index in [4.69, 9.17) is 25.4 Å². The first-order valence-electron chi connectivity index (χ1n) is 10.6. The quantitative estimate of drug-likeness (QED) is 0.379. The number of amidine groups is 1. The number of rotatable bonds is 7. The molecule has 0 fully saturated rings. The number of ether oxygens (including phenoxy) is 1. The van der Waals surface area contributed by atoms with Gasteiger partial charge in [0.1, 0.15) is 18.5 Å². The molecule has 1 aliphatic heterocycles. The minimum absolute atomic E-state index is 0.127. The first kappa shape index (κ1) is 23.5. The molecule has 2 atom stereocenters. The first-order chi connectivity index (χ1) is 16.4. The Morgan fingerprint density at radius 3 is 2.82 bits per heavy atom. The fourth-order valence-corrected chi connectivity index (χ4v) is 3.80. The number of hydrogen-bond donors (Lipinski definition) is 4. The number of nitrogen functional groups attached to an aromatic ring is 1. The Morgan fingerprint density at radius 1 is 1.24 bits per heavy atom. The average Bonchev–Trinajstić information content (AvgIpc) is 2.83. The smallest absolute Gasteiger partial charge is 0.220 e. The summed E-state index contributed by atoms with van der Waals surface area (Å²) >= 11 is 0. The zero-order chi connectivity index (χ0) is 24.2. The van der Waals surface area contributed by atoms with Crippen LogP contribution in [0.1, 0.15) is 28.6 Å². The Kier molecular flexibility index (Phi) is 6.96. The highest BCUT2D eigenvalue weighted by atomic mass is 19.1. The number of aliphatic hydroxyl groups is 2. The van der Waals surface area contributed by atoms with Crippen molar-refractivity contribution in [3.8, 4) is 17.1 Å². The fraction of sp³-hybridized carbons (Fsp3) is 0.304. The standard InChI is InChI=1S/C23H25FN6O4/c1-12-21-19(29-23(25)26-12)9-18(28-22(21)30-34-11-14(32)10-31)15-7-6-13(24)8-16(15)17-4-3-5-20(27-17)33-2/h3-8,14,18,31-32H,9-11H2,1-2H3,(H,28,30)(H2,25,26,29)/t14?,18-/m1/s1. The molecule has 34 heavy (non-hydrogen) atoms. The SMILES string of the molecule is COc1cccc(-c2cc(F)ccc2[C@H]2Cc3nc(N)nc(C)c3C(NOCC(O)CO)=N2)n1. The number of aliphatic hydroxyl groups excluding tert-OH is 2. The highest BCUT2D eigenvalue weighted by Crippen LogP contribution is 2.36. The van der Waals surface area contributed by atoms with Gasteiger partial charge in [-0.15, -0.1) is 0 Å². The highest BCUT2D eigenvalue weighted by Gasteiger charge is 2.28. The molecule has 3 heterocycles. The number of nitrogens with two attached hydrogens (primary N) is 1. The van der Waals surface area contributed by atoms with E-state index < -0.39 is 24.6 Å². The number of hydroxylamine groups is 1. The van der Waals surface area contributed by atoms with Gasteiger partial charge >= 0.3 is 0 Å². The molecular formula is C23H25FN6O4. The van der Waals surface area contributed by atoms with Gasteiger partial charge in [-0.25, -0.2) is 24.8 Å². The van der Waals surface area contributed by atoms with Crippen molar-refractivity contribution < 1.29 is 24.2 Å². The molecule has 1 unspecified atom stereocenters. The maximum absolute atomic E-state index is 14.3. The summed E-state index contributed by atoms with van der Waals surface area (Å²) in [6.45, 7) is 1.17. The van der Waals surface area contributed by atoms with Crippen molar-refractivity contribution in [3.05, 3.63) is 64.7 Å². The number of fused-ring (bicyclic) bond motifs is 1. The Morgan fingerprint density at radius 2 is 2.06 bits per heavy atom. The molecular weight excluding hydrogens is 443 g/mol. The van der Waals surface area contributed by atoms with Crippen LogP contribution in [0.3, 0.4) is 0 Å². The molecule has 178 valence electrons. The third-order valence-corrected chi connectivity index (χ3v) is 5.33. The summed E-state index contributed by atoms with van der Waals surface area (Å²) in [5, 5.41) is 18.6. The lowest BCUT2D eigenvalue weighted by molar-refractivity contribution is -0.0160. The maximum atomic E-state index is 14.3. The summed E-state index contributed by atoms with van der Waals surface area (Å²) < 4.78 is 19.5. The van der Waals surface area contributed by atoms with E-state index in [1.165, 1.54) is 19.2 Å². The summed E-state index contributed by atoms with van der Waals surface area (Å²) in [7, 11) is 1.51. The van der Waals surface area contributed by atoms with E-state index in [1.54, 1.807) is 31.2 Å². The van der Waals surface area contributed by atoms with Crippen molar-refractivity contribution in [2.24, 2.45) is 4.99 Å². The van der Waals surface area contributed by atoms with Gasteiger partial charge < -0.3 is 20.7 Å². The molecule has 5 N–H and O–H groups in total. The van der Waals surface area contributed by atoms with E-state index in [2.05, 4.69) is 20.4 Å². The van der Waals surface area contributed by atoms with Crippen LogP contribution in [0.25, 0.3) is 11.3 Å². The lowest BCUT2D eigenvalue weighted by atomic mass is 9.91. The molecule has 2 aromatic heterocycles. The second-order valence-corrected chi connectivity index (χ2v) is 7.73. The van der Waals surface area contributed by atoms with Crippen LogP contribution >= 0.6 is 0 Å². The fourth-order valence-electron chi connectivity index (χ4n) is 3.80. The summed E-state index contributed by atoms with van der Waals surface area (Å²) in [6.07, 6.45) is -0.672. The number of benzene rings is 1. The average molecular weight is 468 g/mol. The second kappa shape index (κ2) is 10.1. The van der Waals surface area contributed by atoms with E-state index in [0.29, 0.717) is 46.3 Å². The predicted molar refractivity (Wildman–Crippen MR) is 123 cm³/mol. The van der Waals surface area contributed by atoms with Crippen molar-refractivity contribution >= 4 is 11.8 Å². The molecule has 4 rings (SSSR count). The van der Waals surface area contributed by atoms with Gasteiger partial charge in [-0.3, -0.25) is 9.83 Å². The zero-order valence-electron chi connectivity index (χ0n) is 18.7. The lowest BCUT2D eigenvalue weighted by Gasteiger charge is -2.26. The summed E-state index contributed by atoms with van der Waals surface area (Å²) in [5.74, 6) is 0.453. The number of aromatic nitrogens is 3. The molecule has 1 aliphatic rings. The number of hydrogen-bond acceptors (Lipinski definition) is 10. The van der Waals surface area contributed by atoms with Gasteiger partial charge in [0, 0.05) is 18.1 Å². The number of aryl methyl sites for hydroxylation is 1. The van der Waals surface area contributed by atoms with Crippen molar-refractivity contribution in [1.82, 2.24) is 20.4 Å². The molecule has 1 aromatic carbocycles. The van der Waals surface area contributed by atoms with Crippen LogP contribution in [0.5, 0.6) is 5.88 Å². The van der Waals surface area contributed by atoms with Crippen molar-refractivity contribution in [1.29, 1.82) is 0 Å². The molecule has 3 aromatic rings. The van der Waals surface area contributed by atoms with E-state index in [0.717, 1.165) is 5.56 Å².